The van der Waals surface area contributed by atoms with E-state index in [2.05, 4.69) is 43.5 Å². The van der Waals surface area contributed by atoms with E-state index in [1.54, 1.807) is 0 Å². The highest BCUT2D eigenvalue weighted by atomic mass is 16.5. The number of carbonyl (C=O) groups excluding carboxylic acids is 2. The third kappa shape index (κ3) is 67.3. The van der Waals surface area contributed by atoms with Crippen LogP contribution in [0.4, 0.5) is 0 Å². The van der Waals surface area contributed by atoms with Gasteiger partial charge in [-0.15, -0.1) is 0 Å². The Morgan fingerprint density at radius 3 is 0.938 bits per heavy atom. The fourth-order valence-electron chi connectivity index (χ4n) is 11.9. The van der Waals surface area contributed by atoms with E-state index in [0.29, 0.717) is 25.9 Å². The van der Waals surface area contributed by atoms with Gasteiger partial charge in [-0.25, -0.2) is 0 Å². The molecule has 2 atom stereocenters. The first-order valence-electron chi connectivity index (χ1n) is 37.1. The molecule has 6 heteroatoms. The maximum atomic E-state index is 12.5. The smallest absolute Gasteiger partial charge is 0.305 e. The van der Waals surface area contributed by atoms with Crippen molar-refractivity contribution in [3.05, 3.63) is 24.3 Å². The van der Waals surface area contributed by atoms with Crippen LogP contribution in [0, 0.1) is 0 Å². The van der Waals surface area contributed by atoms with Gasteiger partial charge in [0.25, 0.3) is 0 Å². The summed E-state index contributed by atoms with van der Waals surface area (Å²) in [6, 6.07) is -0.543. The predicted molar refractivity (Wildman–Crippen MR) is 356 cm³/mol. The summed E-state index contributed by atoms with van der Waals surface area (Å²) < 4.78 is 5.50. The van der Waals surface area contributed by atoms with Gasteiger partial charge in [0, 0.05) is 12.8 Å². The van der Waals surface area contributed by atoms with Gasteiger partial charge in [0.1, 0.15) is 0 Å². The van der Waals surface area contributed by atoms with Gasteiger partial charge in [-0.1, -0.05) is 372 Å². The van der Waals surface area contributed by atoms with Crippen molar-refractivity contribution in [2.24, 2.45) is 0 Å². The molecule has 0 saturated carbocycles. The molecule has 0 aromatic heterocycles. The molecule has 6 nitrogen and oxygen atoms in total. The Morgan fingerprint density at radius 2 is 0.617 bits per heavy atom. The molecular weight excluding hydrogens is 995 g/mol. The lowest BCUT2D eigenvalue weighted by Crippen LogP contribution is -2.45. The molecule has 2 unspecified atom stereocenters. The highest BCUT2D eigenvalue weighted by Gasteiger charge is 2.20. The number of amides is 1. The van der Waals surface area contributed by atoms with Crippen molar-refractivity contribution in [1.29, 1.82) is 0 Å². The minimum absolute atomic E-state index is 0.0158. The molecule has 81 heavy (non-hydrogen) atoms. The molecule has 480 valence electrons. The van der Waals surface area contributed by atoms with Gasteiger partial charge < -0.3 is 20.3 Å². The molecule has 3 N–H and O–H groups in total. The summed E-state index contributed by atoms with van der Waals surface area (Å²) >= 11 is 0. The zero-order valence-corrected chi connectivity index (χ0v) is 55.0. The standard InChI is InChI=1S/C75H145NO5/c1-3-5-7-9-11-13-15-17-19-20-21-33-36-40-43-47-51-55-59-63-67-73(78)72(71-77)76-74(79)68-64-60-56-52-48-44-41-37-34-31-29-27-25-23-22-24-26-28-30-32-35-38-42-46-50-54-58-62-66-70-81-75(80)69-65-61-57-53-49-45-39-18-16-14-12-10-8-6-4-2/h22,24,28,30,72-73,77-78H,3-21,23,25-27,29,31-71H2,1-2H3,(H,76,79)/b24-22-,30-28-. The van der Waals surface area contributed by atoms with E-state index < -0.39 is 12.1 Å². The number of allylic oxidation sites excluding steroid dienone is 4. The van der Waals surface area contributed by atoms with Crippen LogP contribution in [0.15, 0.2) is 24.3 Å². The molecule has 0 aromatic rings. The molecule has 0 saturated heterocycles. The molecular formula is C75H145NO5. The predicted octanol–water partition coefficient (Wildman–Crippen LogP) is 24.1. The van der Waals surface area contributed by atoms with Gasteiger partial charge in [0.2, 0.25) is 5.91 Å². The molecule has 0 bridgehead atoms. The van der Waals surface area contributed by atoms with Crippen LogP contribution in [0.1, 0.15) is 418 Å². The van der Waals surface area contributed by atoms with Gasteiger partial charge in [-0.05, 0) is 57.8 Å². The second kappa shape index (κ2) is 70.8. The van der Waals surface area contributed by atoms with Crippen molar-refractivity contribution in [2.45, 2.75) is 431 Å². The van der Waals surface area contributed by atoms with Gasteiger partial charge in [-0.2, -0.15) is 0 Å². The van der Waals surface area contributed by atoms with E-state index in [-0.39, 0.29) is 18.5 Å². The third-order valence-electron chi connectivity index (χ3n) is 17.5. The molecule has 0 fully saturated rings. The van der Waals surface area contributed by atoms with Crippen molar-refractivity contribution in [1.82, 2.24) is 5.32 Å². The number of aliphatic hydroxyl groups excluding tert-OH is 2. The van der Waals surface area contributed by atoms with E-state index in [1.165, 1.54) is 340 Å². The Hall–Kier alpha value is -1.66. The monoisotopic (exact) mass is 1140 g/mol. The normalized spacial score (nSPS) is 12.6. The number of hydrogen-bond donors (Lipinski definition) is 3. The van der Waals surface area contributed by atoms with Crippen molar-refractivity contribution in [3.8, 4) is 0 Å². The number of hydrogen-bond acceptors (Lipinski definition) is 5. The second-order valence-electron chi connectivity index (χ2n) is 25.6. The first-order chi connectivity index (χ1) is 40.0. The van der Waals surface area contributed by atoms with E-state index in [4.69, 9.17) is 4.74 Å². The summed E-state index contributed by atoms with van der Waals surface area (Å²) in [5.41, 5.74) is 0. The fraction of sp³-hybridized carbons (Fsp3) is 0.920. The van der Waals surface area contributed by atoms with Gasteiger partial charge in [-0.3, -0.25) is 9.59 Å². The number of nitrogens with one attached hydrogen (secondary N) is 1. The van der Waals surface area contributed by atoms with Crippen molar-refractivity contribution < 1.29 is 24.5 Å². The molecule has 0 aromatic carbocycles. The number of ether oxygens (including phenoxy) is 1. The maximum absolute atomic E-state index is 12.5. The van der Waals surface area contributed by atoms with E-state index in [0.717, 1.165) is 44.9 Å². The molecule has 0 rings (SSSR count). The van der Waals surface area contributed by atoms with E-state index in [9.17, 15) is 19.8 Å². The highest BCUT2D eigenvalue weighted by molar-refractivity contribution is 5.76. The Bertz CT molecular complexity index is 1270. The van der Waals surface area contributed by atoms with Crippen LogP contribution >= 0.6 is 0 Å². The number of unbranched alkanes of at least 4 members (excludes halogenated alkanes) is 55. The summed E-state index contributed by atoms with van der Waals surface area (Å²) in [4.78, 5) is 24.6. The summed E-state index contributed by atoms with van der Waals surface area (Å²) in [6.45, 7) is 5.00. The lowest BCUT2D eigenvalue weighted by Gasteiger charge is -2.22. The first kappa shape index (κ1) is 79.3. The van der Waals surface area contributed by atoms with Crippen LogP contribution in [0.3, 0.4) is 0 Å². The number of esters is 1. The third-order valence-corrected chi connectivity index (χ3v) is 17.5. The van der Waals surface area contributed by atoms with Gasteiger partial charge in [0.05, 0.1) is 25.4 Å². The van der Waals surface area contributed by atoms with Gasteiger partial charge >= 0.3 is 5.97 Å². The fourth-order valence-corrected chi connectivity index (χ4v) is 11.9. The van der Waals surface area contributed by atoms with Crippen molar-refractivity contribution in [3.63, 3.8) is 0 Å². The average Bonchev–Trinajstić information content (AvgIpc) is 3.47. The molecule has 0 aliphatic heterocycles. The lowest BCUT2D eigenvalue weighted by molar-refractivity contribution is -0.143. The van der Waals surface area contributed by atoms with Crippen LogP contribution in [0.25, 0.3) is 0 Å². The zero-order valence-electron chi connectivity index (χ0n) is 55.0. The summed E-state index contributed by atoms with van der Waals surface area (Å²) in [5, 5.41) is 23.4. The average molecular weight is 1140 g/mol. The molecule has 1 amide bonds. The Labute approximate surface area is 507 Å². The minimum Gasteiger partial charge on any atom is -0.466 e. The van der Waals surface area contributed by atoms with Crippen LogP contribution in [-0.2, 0) is 14.3 Å². The maximum Gasteiger partial charge on any atom is 0.305 e. The summed E-state index contributed by atoms with van der Waals surface area (Å²) in [5.74, 6) is -0.0156. The quantitative estimate of drug-likeness (QED) is 0.0320. The summed E-state index contributed by atoms with van der Waals surface area (Å²) in [6.07, 6.45) is 89.5. The molecule has 0 aliphatic rings. The topological polar surface area (TPSA) is 95.9 Å². The Kier molecular flexibility index (Phi) is 69.4. The van der Waals surface area contributed by atoms with Crippen LogP contribution in [0.5, 0.6) is 0 Å². The molecule has 0 spiro atoms. The Morgan fingerprint density at radius 1 is 0.346 bits per heavy atom. The lowest BCUT2D eigenvalue weighted by atomic mass is 10.0. The molecule has 0 radical (unpaired) electrons. The van der Waals surface area contributed by atoms with E-state index >= 15 is 0 Å². The minimum atomic E-state index is -0.666. The van der Waals surface area contributed by atoms with Crippen molar-refractivity contribution >= 4 is 11.9 Å². The number of rotatable bonds is 70. The van der Waals surface area contributed by atoms with Crippen LogP contribution in [-0.4, -0.2) is 47.4 Å². The van der Waals surface area contributed by atoms with Crippen molar-refractivity contribution in [2.75, 3.05) is 13.2 Å². The number of carbonyl (C=O) groups is 2. The molecule has 0 heterocycles. The Balaban J connectivity index is 3.39. The highest BCUT2D eigenvalue weighted by Crippen LogP contribution is 2.19. The number of aliphatic hydroxyl groups is 2. The zero-order chi connectivity index (χ0) is 58.5. The molecule has 0 aliphatic carbocycles. The summed E-state index contributed by atoms with van der Waals surface area (Å²) in [7, 11) is 0. The largest absolute Gasteiger partial charge is 0.466 e. The first-order valence-corrected chi connectivity index (χ1v) is 37.1. The second-order valence-corrected chi connectivity index (χ2v) is 25.6. The van der Waals surface area contributed by atoms with E-state index in [1.807, 2.05) is 0 Å². The van der Waals surface area contributed by atoms with Gasteiger partial charge in [0.15, 0.2) is 0 Å². The van der Waals surface area contributed by atoms with Crippen LogP contribution < -0.4 is 5.32 Å². The SMILES string of the molecule is CCCCCCCCCCCCCCCCCCCCCCC(O)C(CO)NC(=O)CCCCCCCCCCCCCCC/C=C\C/C=C\CCCCCCCCCCCOC(=O)CCCCCCCCCCCCCCCCC. The van der Waals surface area contributed by atoms with Crippen LogP contribution in [0.2, 0.25) is 0 Å².